The van der Waals surface area contributed by atoms with Gasteiger partial charge in [-0.3, -0.25) is 4.79 Å². The quantitative estimate of drug-likeness (QED) is 0.620. The Morgan fingerprint density at radius 2 is 1.73 bits per heavy atom. The number of carbonyl (C=O) groups excluding carboxylic acids is 1. The van der Waals surface area contributed by atoms with Crippen LogP contribution in [0.1, 0.15) is 18.4 Å². The number of carbonyl (C=O) groups is 1. The smallest absolute Gasteiger partial charge is 0.227 e. The second kappa shape index (κ2) is 10.3. The Bertz CT molecular complexity index is 1070. The van der Waals surface area contributed by atoms with Crippen LogP contribution in [0.2, 0.25) is 5.02 Å². The first-order valence-electron chi connectivity index (χ1n) is 11.3. The molecule has 0 unspecified atom stereocenters. The van der Waals surface area contributed by atoms with E-state index in [9.17, 15) is 13.2 Å². The number of nitrogens with zero attached hydrogens (tertiary/aromatic N) is 3. The summed E-state index contributed by atoms with van der Waals surface area (Å²) in [5, 5.41) is 0.575. The molecule has 0 N–H and O–H groups in total. The topological polar surface area (TPSA) is 70.2 Å². The second-order valence-electron chi connectivity index (χ2n) is 8.56. The van der Waals surface area contributed by atoms with Gasteiger partial charge in [-0.25, -0.2) is 12.7 Å². The fourth-order valence-electron chi connectivity index (χ4n) is 4.60. The zero-order valence-corrected chi connectivity index (χ0v) is 20.4. The van der Waals surface area contributed by atoms with Crippen molar-refractivity contribution in [2.24, 2.45) is 5.92 Å². The van der Waals surface area contributed by atoms with Gasteiger partial charge in [-0.1, -0.05) is 35.9 Å². The minimum atomic E-state index is -3.50. The van der Waals surface area contributed by atoms with E-state index in [1.165, 1.54) is 4.31 Å². The molecule has 1 amide bonds. The molecule has 2 heterocycles. The van der Waals surface area contributed by atoms with Gasteiger partial charge >= 0.3 is 0 Å². The summed E-state index contributed by atoms with van der Waals surface area (Å²) in [5.74, 6) is 0.506. The van der Waals surface area contributed by atoms with Crippen molar-refractivity contribution in [3.8, 4) is 5.75 Å². The van der Waals surface area contributed by atoms with E-state index >= 15 is 0 Å². The van der Waals surface area contributed by atoms with E-state index < -0.39 is 10.0 Å². The Balaban J connectivity index is 1.35. The number of benzene rings is 2. The van der Waals surface area contributed by atoms with Crippen LogP contribution in [0.4, 0.5) is 5.69 Å². The molecule has 2 aliphatic rings. The Morgan fingerprint density at radius 3 is 2.42 bits per heavy atom. The van der Waals surface area contributed by atoms with Gasteiger partial charge in [0.25, 0.3) is 0 Å². The summed E-state index contributed by atoms with van der Waals surface area (Å²) in [6.45, 7) is 3.38. The van der Waals surface area contributed by atoms with Gasteiger partial charge in [0.15, 0.2) is 0 Å². The molecule has 2 aliphatic heterocycles. The van der Waals surface area contributed by atoms with E-state index in [2.05, 4.69) is 4.90 Å². The average molecular weight is 492 g/mol. The number of piperidine rings is 1. The summed E-state index contributed by atoms with van der Waals surface area (Å²) < 4.78 is 32.9. The van der Waals surface area contributed by atoms with E-state index in [1.807, 2.05) is 29.2 Å². The van der Waals surface area contributed by atoms with Crippen LogP contribution >= 0.6 is 11.6 Å². The first-order valence-corrected chi connectivity index (χ1v) is 13.2. The molecule has 4 rings (SSSR count). The zero-order chi connectivity index (χ0) is 23.4. The van der Waals surface area contributed by atoms with Crippen molar-refractivity contribution in [3.05, 3.63) is 59.1 Å². The van der Waals surface area contributed by atoms with Crippen molar-refractivity contribution in [3.63, 3.8) is 0 Å². The van der Waals surface area contributed by atoms with Gasteiger partial charge in [-0.2, -0.15) is 0 Å². The fourth-order valence-corrected chi connectivity index (χ4v) is 6.33. The summed E-state index contributed by atoms with van der Waals surface area (Å²) in [6.07, 6.45) is 1.41. The van der Waals surface area contributed by atoms with Crippen molar-refractivity contribution in [2.75, 3.05) is 51.3 Å². The Labute approximate surface area is 200 Å². The highest BCUT2D eigenvalue weighted by Gasteiger charge is 2.35. The van der Waals surface area contributed by atoms with Crippen LogP contribution in [0.25, 0.3) is 0 Å². The van der Waals surface area contributed by atoms with E-state index in [4.69, 9.17) is 16.3 Å². The number of methoxy groups -OCH3 is 1. The summed E-state index contributed by atoms with van der Waals surface area (Å²) in [6, 6.07) is 14.7. The molecule has 0 saturated carbocycles. The second-order valence-corrected chi connectivity index (χ2v) is 11.0. The number of ether oxygens (including phenoxy) is 1. The van der Waals surface area contributed by atoms with Gasteiger partial charge in [-0.15, -0.1) is 0 Å². The van der Waals surface area contributed by atoms with Crippen molar-refractivity contribution >= 4 is 33.2 Å². The molecule has 0 aliphatic carbocycles. The summed E-state index contributed by atoms with van der Waals surface area (Å²) in [5.41, 5.74) is 1.73. The number of hydrogen-bond acceptors (Lipinski definition) is 5. The number of sulfonamides is 1. The molecule has 2 fully saturated rings. The molecule has 33 heavy (non-hydrogen) atoms. The van der Waals surface area contributed by atoms with Crippen LogP contribution in [0.15, 0.2) is 48.5 Å². The molecule has 0 bridgehead atoms. The number of piperazine rings is 1. The maximum atomic E-state index is 13.2. The molecule has 1 atom stereocenters. The van der Waals surface area contributed by atoms with Gasteiger partial charge in [-0.05, 0) is 42.7 Å². The maximum absolute atomic E-state index is 13.2. The molecule has 0 spiro atoms. The van der Waals surface area contributed by atoms with Crippen LogP contribution in [0, 0.1) is 5.92 Å². The molecule has 0 aromatic heterocycles. The van der Waals surface area contributed by atoms with Crippen molar-refractivity contribution in [2.45, 2.75) is 18.6 Å². The molecule has 2 aromatic rings. The summed E-state index contributed by atoms with van der Waals surface area (Å²) >= 11 is 5.91. The monoisotopic (exact) mass is 491 g/mol. The number of para-hydroxylation sites is 2. The maximum Gasteiger partial charge on any atom is 0.227 e. The predicted octanol–water partition coefficient (Wildman–Crippen LogP) is 3.24. The summed E-state index contributed by atoms with van der Waals surface area (Å²) in [4.78, 5) is 17.3. The minimum absolute atomic E-state index is 0.0565. The van der Waals surface area contributed by atoms with Crippen molar-refractivity contribution in [1.82, 2.24) is 9.21 Å². The molecule has 178 valence electrons. The molecule has 9 heteroatoms. The highest BCUT2D eigenvalue weighted by Crippen LogP contribution is 2.29. The van der Waals surface area contributed by atoms with Crippen LogP contribution in [-0.2, 0) is 20.6 Å². The number of rotatable bonds is 6. The van der Waals surface area contributed by atoms with Gasteiger partial charge < -0.3 is 14.5 Å². The third-order valence-electron chi connectivity index (χ3n) is 6.41. The van der Waals surface area contributed by atoms with Crippen LogP contribution in [-0.4, -0.2) is 69.9 Å². The van der Waals surface area contributed by atoms with E-state index in [1.54, 1.807) is 31.4 Å². The van der Waals surface area contributed by atoms with Gasteiger partial charge in [0.1, 0.15) is 5.75 Å². The van der Waals surface area contributed by atoms with Crippen LogP contribution in [0.3, 0.4) is 0 Å². The number of amides is 1. The molecule has 7 nitrogen and oxygen atoms in total. The van der Waals surface area contributed by atoms with Crippen LogP contribution < -0.4 is 9.64 Å². The van der Waals surface area contributed by atoms with E-state index in [0.717, 1.165) is 30.9 Å². The minimum Gasteiger partial charge on any atom is -0.495 e. The highest BCUT2D eigenvalue weighted by atomic mass is 35.5. The van der Waals surface area contributed by atoms with Gasteiger partial charge in [0.05, 0.1) is 24.5 Å². The van der Waals surface area contributed by atoms with E-state index in [-0.39, 0.29) is 24.1 Å². The lowest BCUT2D eigenvalue weighted by Crippen LogP contribution is -2.53. The number of anilines is 1. The molecule has 2 aromatic carbocycles. The third-order valence-corrected chi connectivity index (χ3v) is 8.47. The lowest BCUT2D eigenvalue weighted by molar-refractivity contribution is -0.137. The lowest BCUT2D eigenvalue weighted by Gasteiger charge is -2.39. The lowest BCUT2D eigenvalue weighted by atomic mass is 9.97. The molecular weight excluding hydrogens is 462 g/mol. The first kappa shape index (κ1) is 23.9. The van der Waals surface area contributed by atoms with Gasteiger partial charge in [0, 0.05) is 44.3 Å². The number of hydrogen-bond donors (Lipinski definition) is 0. The normalized spacial score (nSPS) is 20.0. The van der Waals surface area contributed by atoms with Crippen LogP contribution in [0.5, 0.6) is 5.75 Å². The Morgan fingerprint density at radius 1 is 1.03 bits per heavy atom. The standard InChI is InChI=1S/C24H30ClN3O4S/c1-32-23-7-3-2-6-22(23)26-13-15-27(16-14-26)24(29)20-5-4-12-28(17-20)33(30,31)18-19-8-10-21(25)11-9-19/h2-3,6-11,20H,4-5,12-18H2,1H3/t20-/m1/s1. The third kappa shape index (κ3) is 5.62. The van der Waals surface area contributed by atoms with Crippen molar-refractivity contribution in [1.29, 1.82) is 0 Å². The Hall–Kier alpha value is -2.29. The van der Waals surface area contributed by atoms with Gasteiger partial charge in [0.2, 0.25) is 15.9 Å². The fraction of sp³-hybridized carbons (Fsp3) is 0.458. The summed E-state index contributed by atoms with van der Waals surface area (Å²) in [7, 11) is -1.84. The average Bonchev–Trinajstić information content (AvgIpc) is 2.85. The SMILES string of the molecule is COc1ccccc1N1CCN(C(=O)[C@@H]2CCCN(S(=O)(=O)Cc3ccc(Cl)cc3)C2)CC1. The van der Waals surface area contributed by atoms with E-state index in [0.29, 0.717) is 36.6 Å². The highest BCUT2D eigenvalue weighted by molar-refractivity contribution is 7.88. The van der Waals surface area contributed by atoms with Crippen molar-refractivity contribution < 1.29 is 17.9 Å². The molecular formula is C24H30ClN3O4S. The number of halogens is 1. The first-order chi connectivity index (χ1) is 15.9. The molecule has 0 radical (unpaired) electrons. The Kier molecular flexibility index (Phi) is 7.46. The largest absolute Gasteiger partial charge is 0.495 e. The predicted molar refractivity (Wildman–Crippen MR) is 130 cm³/mol. The zero-order valence-electron chi connectivity index (χ0n) is 18.8. The molecule has 2 saturated heterocycles.